The van der Waals surface area contributed by atoms with Gasteiger partial charge < -0.3 is 10.6 Å². The number of hydrogen-bond acceptors (Lipinski definition) is 4. The van der Waals surface area contributed by atoms with Crippen LogP contribution in [0.25, 0.3) is 0 Å². The minimum Gasteiger partial charge on any atom is -0.326 e. The van der Waals surface area contributed by atoms with Crippen LogP contribution in [0.2, 0.25) is 0 Å². The van der Waals surface area contributed by atoms with Crippen molar-refractivity contribution in [3.8, 4) is 0 Å². The molecule has 1 fully saturated rings. The van der Waals surface area contributed by atoms with E-state index in [9.17, 15) is 13.2 Å². The molecule has 8 heteroatoms. The summed E-state index contributed by atoms with van der Waals surface area (Å²) in [6.45, 7) is 3.71. The summed E-state index contributed by atoms with van der Waals surface area (Å²) in [4.78, 5) is 11.6. The Morgan fingerprint density at radius 2 is 1.96 bits per heavy atom. The zero-order chi connectivity index (χ0) is 16.2. The van der Waals surface area contributed by atoms with Crippen molar-refractivity contribution in [2.75, 3.05) is 32.0 Å². The average molecular weight is 362 g/mol. The number of nitrogens with zero attached hydrogens (tertiary/aromatic N) is 1. The first-order valence-electron chi connectivity index (χ1n) is 7.52. The van der Waals surface area contributed by atoms with Crippen molar-refractivity contribution in [1.29, 1.82) is 0 Å². The number of amides is 1. The Kier molecular flexibility index (Phi) is 7.47. The van der Waals surface area contributed by atoms with Gasteiger partial charge in [-0.3, -0.25) is 4.79 Å². The highest BCUT2D eigenvalue weighted by molar-refractivity contribution is 7.89. The summed E-state index contributed by atoms with van der Waals surface area (Å²) in [6, 6.07) is 6.35. The molecule has 130 valence electrons. The van der Waals surface area contributed by atoms with E-state index in [1.54, 1.807) is 31.2 Å². The second kappa shape index (κ2) is 8.63. The molecule has 0 radical (unpaired) electrons. The second-order valence-electron chi connectivity index (χ2n) is 5.50. The van der Waals surface area contributed by atoms with Crippen molar-refractivity contribution in [3.05, 3.63) is 24.3 Å². The van der Waals surface area contributed by atoms with Crippen LogP contribution in [-0.4, -0.2) is 45.3 Å². The van der Waals surface area contributed by atoms with Crippen molar-refractivity contribution >= 4 is 34.0 Å². The molecule has 2 N–H and O–H groups in total. The largest absolute Gasteiger partial charge is 0.326 e. The van der Waals surface area contributed by atoms with Crippen LogP contribution in [-0.2, 0) is 14.8 Å². The summed E-state index contributed by atoms with van der Waals surface area (Å²) in [6.07, 6.45) is 1.27. The Balaban J connectivity index is 0.00000264. The van der Waals surface area contributed by atoms with Gasteiger partial charge in [-0.1, -0.05) is 6.92 Å². The quantitative estimate of drug-likeness (QED) is 0.808. The molecule has 0 aliphatic carbocycles. The number of carbonyl (C=O) groups is 1. The molecule has 6 nitrogen and oxygen atoms in total. The lowest BCUT2D eigenvalue weighted by atomic mass is 10.1. The molecular formula is C15H24ClN3O3S. The first kappa shape index (κ1) is 19.9. The minimum absolute atomic E-state index is 0. The van der Waals surface area contributed by atoms with E-state index in [0.29, 0.717) is 31.1 Å². The first-order valence-corrected chi connectivity index (χ1v) is 8.96. The topological polar surface area (TPSA) is 78.5 Å². The molecule has 1 aliphatic rings. The molecule has 0 bridgehead atoms. The van der Waals surface area contributed by atoms with Gasteiger partial charge in [0.2, 0.25) is 15.9 Å². The van der Waals surface area contributed by atoms with Crippen LogP contribution in [0.15, 0.2) is 29.2 Å². The van der Waals surface area contributed by atoms with Crippen LogP contribution in [0.3, 0.4) is 0 Å². The van der Waals surface area contributed by atoms with Gasteiger partial charge in [0.25, 0.3) is 0 Å². The minimum atomic E-state index is -3.45. The number of benzene rings is 1. The number of carbonyl (C=O) groups excluding carboxylic acids is 1. The maximum absolute atomic E-state index is 12.6. The standard InChI is InChI=1S/C15H23N3O3S.ClH/c1-3-15(19)17-13-4-6-14(7-5-13)22(20,21)18-9-8-12(11-18)10-16-2;/h4-7,12,16H,3,8-11H2,1-2H3,(H,17,19);1H. The van der Waals surface area contributed by atoms with Crippen LogP contribution in [0.5, 0.6) is 0 Å². The van der Waals surface area contributed by atoms with Gasteiger partial charge in [0.15, 0.2) is 0 Å². The van der Waals surface area contributed by atoms with Crippen LogP contribution >= 0.6 is 12.4 Å². The monoisotopic (exact) mass is 361 g/mol. The fourth-order valence-electron chi connectivity index (χ4n) is 2.58. The van der Waals surface area contributed by atoms with Gasteiger partial charge in [-0.05, 0) is 50.2 Å². The fraction of sp³-hybridized carbons (Fsp3) is 0.533. The van der Waals surface area contributed by atoms with Gasteiger partial charge in [0, 0.05) is 25.2 Å². The molecular weight excluding hydrogens is 338 g/mol. The molecule has 0 aromatic heterocycles. The Bertz CT molecular complexity index is 619. The number of sulfonamides is 1. The summed E-state index contributed by atoms with van der Waals surface area (Å²) in [5.74, 6) is 0.271. The Morgan fingerprint density at radius 3 is 2.52 bits per heavy atom. The SMILES string of the molecule is CCC(=O)Nc1ccc(S(=O)(=O)N2CCC(CNC)C2)cc1.Cl. The zero-order valence-corrected chi connectivity index (χ0v) is 15.0. The summed E-state index contributed by atoms with van der Waals surface area (Å²) >= 11 is 0. The van der Waals surface area contributed by atoms with E-state index < -0.39 is 10.0 Å². The maximum atomic E-state index is 12.6. The maximum Gasteiger partial charge on any atom is 0.243 e. The van der Waals surface area contributed by atoms with Crippen LogP contribution in [0, 0.1) is 5.92 Å². The summed E-state index contributed by atoms with van der Waals surface area (Å²) in [5.41, 5.74) is 0.611. The van der Waals surface area contributed by atoms with Gasteiger partial charge in [-0.15, -0.1) is 12.4 Å². The molecule has 23 heavy (non-hydrogen) atoms. The predicted octanol–water partition coefficient (Wildman–Crippen LogP) is 1.69. The predicted molar refractivity (Wildman–Crippen MR) is 93.4 cm³/mol. The van der Waals surface area contributed by atoms with Gasteiger partial charge in [0.05, 0.1) is 4.90 Å². The Labute approximate surface area is 144 Å². The second-order valence-corrected chi connectivity index (χ2v) is 7.44. The number of nitrogens with one attached hydrogen (secondary N) is 2. The van der Waals surface area contributed by atoms with Crippen LogP contribution in [0.1, 0.15) is 19.8 Å². The van der Waals surface area contributed by atoms with E-state index in [-0.39, 0.29) is 23.2 Å². The van der Waals surface area contributed by atoms with E-state index in [1.165, 1.54) is 4.31 Å². The zero-order valence-electron chi connectivity index (χ0n) is 13.4. The molecule has 1 atom stereocenters. The van der Waals surface area contributed by atoms with E-state index in [1.807, 2.05) is 7.05 Å². The van der Waals surface area contributed by atoms with E-state index in [4.69, 9.17) is 0 Å². The van der Waals surface area contributed by atoms with Crippen molar-refractivity contribution in [3.63, 3.8) is 0 Å². The van der Waals surface area contributed by atoms with Gasteiger partial charge in [0.1, 0.15) is 0 Å². The molecule has 1 heterocycles. The molecule has 0 saturated carbocycles. The number of hydrogen-bond donors (Lipinski definition) is 2. The molecule has 1 amide bonds. The lowest BCUT2D eigenvalue weighted by Crippen LogP contribution is -2.30. The summed E-state index contributed by atoms with van der Waals surface area (Å²) in [5, 5.41) is 5.80. The lowest BCUT2D eigenvalue weighted by Gasteiger charge is -2.17. The van der Waals surface area contributed by atoms with Crippen LogP contribution in [0.4, 0.5) is 5.69 Å². The van der Waals surface area contributed by atoms with E-state index in [0.717, 1.165) is 13.0 Å². The van der Waals surface area contributed by atoms with Gasteiger partial charge in [-0.25, -0.2) is 8.42 Å². The van der Waals surface area contributed by atoms with Crippen molar-refractivity contribution in [2.45, 2.75) is 24.7 Å². The highest BCUT2D eigenvalue weighted by Gasteiger charge is 2.32. The summed E-state index contributed by atoms with van der Waals surface area (Å²) in [7, 11) is -1.57. The highest BCUT2D eigenvalue weighted by Crippen LogP contribution is 2.24. The number of halogens is 1. The third-order valence-corrected chi connectivity index (χ3v) is 5.72. The molecule has 1 unspecified atom stereocenters. The third kappa shape index (κ3) is 4.91. The van der Waals surface area contributed by atoms with Crippen molar-refractivity contribution in [1.82, 2.24) is 9.62 Å². The molecule has 0 spiro atoms. The average Bonchev–Trinajstić information content (AvgIpc) is 2.97. The molecule has 2 rings (SSSR count). The Morgan fingerprint density at radius 1 is 1.30 bits per heavy atom. The molecule has 1 aromatic rings. The third-order valence-electron chi connectivity index (χ3n) is 3.84. The highest BCUT2D eigenvalue weighted by atomic mass is 35.5. The molecule has 1 saturated heterocycles. The lowest BCUT2D eigenvalue weighted by molar-refractivity contribution is -0.115. The summed E-state index contributed by atoms with van der Waals surface area (Å²) < 4.78 is 26.7. The van der Waals surface area contributed by atoms with Gasteiger partial charge >= 0.3 is 0 Å². The number of anilines is 1. The smallest absolute Gasteiger partial charge is 0.243 e. The van der Waals surface area contributed by atoms with Crippen molar-refractivity contribution < 1.29 is 13.2 Å². The Hall–Kier alpha value is -1.15. The number of rotatable bonds is 6. The normalized spacial score (nSPS) is 18.4. The van der Waals surface area contributed by atoms with Crippen LogP contribution < -0.4 is 10.6 Å². The fourth-order valence-corrected chi connectivity index (χ4v) is 4.11. The van der Waals surface area contributed by atoms with E-state index >= 15 is 0 Å². The first-order chi connectivity index (χ1) is 10.5. The van der Waals surface area contributed by atoms with Crippen molar-refractivity contribution in [2.24, 2.45) is 5.92 Å². The molecule has 1 aliphatic heterocycles. The molecule has 1 aromatic carbocycles. The van der Waals surface area contributed by atoms with E-state index in [2.05, 4.69) is 10.6 Å². The van der Waals surface area contributed by atoms with Gasteiger partial charge in [-0.2, -0.15) is 4.31 Å².